The number of benzene rings is 1. The molecule has 1 aromatic heterocycles. The largest absolute Gasteiger partial charge is 0.379 e. The summed E-state index contributed by atoms with van der Waals surface area (Å²) in [5.41, 5.74) is 5.28. The molecule has 1 heterocycles. The van der Waals surface area contributed by atoms with Crippen LogP contribution in [-0.4, -0.2) is 134 Å². The van der Waals surface area contributed by atoms with E-state index in [4.69, 9.17) is 28.4 Å². The van der Waals surface area contributed by atoms with E-state index >= 15 is 0 Å². The van der Waals surface area contributed by atoms with Gasteiger partial charge in [0.25, 0.3) is 0 Å². The molecule has 1 aromatic carbocycles. The third-order valence-electron chi connectivity index (χ3n) is 6.71. The molecule has 0 saturated heterocycles. The summed E-state index contributed by atoms with van der Waals surface area (Å²) in [7, 11) is 3.83. The summed E-state index contributed by atoms with van der Waals surface area (Å²) in [5, 5.41) is 8.53. The Hall–Kier alpha value is -2.95. The van der Waals surface area contributed by atoms with Crippen LogP contribution in [0.15, 0.2) is 30.3 Å². The van der Waals surface area contributed by atoms with Crippen LogP contribution in [0, 0.1) is 0 Å². The van der Waals surface area contributed by atoms with Crippen molar-refractivity contribution < 1.29 is 42.8 Å². The molecule has 0 fully saturated rings. The van der Waals surface area contributed by atoms with Crippen molar-refractivity contribution in [2.45, 2.75) is 32.9 Å². The minimum Gasteiger partial charge on any atom is -0.379 e. The Morgan fingerprint density at radius 1 is 0.717 bits per heavy atom. The minimum absolute atomic E-state index is 0.0814. The number of fused-ring (bicyclic) bond motifs is 1. The lowest BCUT2D eigenvalue weighted by Crippen LogP contribution is -2.38. The molecule has 0 atom stereocenters. The number of ketones is 1. The van der Waals surface area contributed by atoms with E-state index in [9.17, 15) is 14.4 Å². The summed E-state index contributed by atoms with van der Waals surface area (Å²) in [4.78, 5) is 35.3. The lowest BCUT2D eigenvalue weighted by molar-refractivity contribution is -0.126. The van der Waals surface area contributed by atoms with Gasteiger partial charge in [-0.05, 0) is 31.5 Å². The number of carbonyl (C=O) groups is 3. The molecule has 0 aliphatic heterocycles. The maximum Gasteiger partial charge on any atom is 0.239 e. The monoisotopic (exact) mass is 651 g/mol. The van der Waals surface area contributed by atoms with Crippen LogP contribution >= 0.6 is 0 Å². The molecule has 260 valence electrons. The van der Waals surface area contributed by atoms with Crippen LogP contribution in [0.1, 0.15) is 25.5 Å². The first kappa shape index (κ1) is 39.2. The van der Waals surface area contributed by atoms with Gasteiger partial charge in [0.1, 0.15) is 5.78 Å². The number of hydrazine groups is 1. The van der Waals surface area contributed by atoms with Gasteiger partial charge < -0.3 is 43.6 Å². The normalized spacial score (nSPS) is 11.4. The number of rotatable bonds is 29. The number of nitrogens with zero attached hydrogens (tertiary/aromatic N) is 2. The molecule has 2 amide bonds. The third kappa shape index (κ3) is 18.3. The van der Waals surface area contributed by atoms with Gasteiger partial charge in [-0.3, -0.25) is 19.8 Å². The number of para-hydroxylation sites is 1. The molecule has 2 rings (SSSR count). The molecule has 46 heavy (non-hydrogen) atoms. The molecule has 14 heteroatoms. The Morgan fingerprint density at radius 2 is 1.26 bits per heavy atom. The number of nitrogens with one attached hydrogen (secondary N) is 3. The van der Waals surface area contributed by atoms with E-state index in [0.29, 0.717) is 105 Å². The molecule has 0 radical (unpaired) electrons. The van der Waals surface area contributed by atoms with E-state index in [0.717, 1.165) is 16.6 Å². The summed E-state index contributed by atoms with van der Waals surface area (Å²) < 4.78 is 34.6. The first-order chi connectivity index (χ1) is 22.4. The van der Waals surface area contributed by atoms with Crippen molar-refractivity contribution in [2.75, 3.05) is 106 Å². The van der Waals surface area contributed by atoms with Crippen molar-refractivity contribution in [1.29, 1.82) is 0 Å². The fourth-order valence-electron chi connectivity index (χ4n) is 4.21. The second-order valence-electron chi connectivity index (χ2n) is 10.4. The van der Waals surface area contributed by atoms with Crippen LogP contribution in [0.25, 0.3) is 10.9 Å². The standard InChI is InChI=1S/C32H53N5O9/c1-27(38)9-12-41-14-16-43-18-20-45-22-23-46-21-19-44-17-15-42-13-10-34-32(40)25-35-31(39)8-11-37-29(26-36(3)33-2)24-28-6-4-5-7-30(28)37/h4-7,24,33H,8-23,25-26H2,1-3H3,(H,34,40)(H,35,39). The van der Waals surface area contributed by atoms with Gasteiger partial charge in [-0.15, -0.1) is 0 Å². The zero-order chi connectivity index (χ0) is 33.2. The topological polar surface area (TPSA) is 151 Å². The van der Waals surface area contributed by atoms with Crippen LogP contribution in [0.5, 0.6) is 0 Å². The van der Waals surface area contributed by atoms with Crippen molar-refractivity contribution in [3.63, 3.8) is 0 Å². The van der Waals surface area contributed by atoms with Gasteiger partial charge in [0.2, 0.25) is 11.8 Å². The quantitative estimate of drug-likeness (QED) is 0.0851. The second kappa shape index (κ2) is 25.2. The first-order valence-electron chi connectivity index (χ1n) is 15.9. The fraction of sp³-hybridized carbons (Fsp3) is 0.656. The van der Waals surface area contributed by atoms with E-state index in [1.165, 1.54) is 0 Å². The molecular formula is C32H53N5O9. The summed E-state index contributed by atoms with van der Waals surface area (Å²) in [5.74, 6) is -0.334. The Bertz CT molecular complexity index is 1130. The lowest BCUT2D eigenvalue weighted by Gasteiger charge is -2.17. The molecule has 0 bridgehead atoms. The summed E-state index contributed by atoms with van der Waals surface area (Å²) >= 11 is 0. The highest BCUT2D eigenvalue weighted by molar-refractivity contribution is 5.85. The van der Waals surface area contributed by atoms with Crippen molar-refractivity contribution in [2.24, 2.45) is 0 Å². The van der Waals surface area contributed by atoms with E-state index in [2.05, 4.69) is 32.8 Å². The molecule has 0 aliphatic carbocycles. The summed E-state index contributed by atoms with van der Waals surface area (Å²) in [6, 6.07) is 10.2. The van der Waals surface area contributed by atoms with Crippen molar-refractivity contribution in [3.05, 3.63) is 36.0 Å². The predicted molar refractivity (Wildman–Crippen MR) is 173 cm³/mol. The number of aromatic nitrogens is 1. The van der Waals surface area contributed by atoms with Gasteiger partial charge in [-0.2, -0.15) is 0 Å². The number of carbonyl (C=O) groups excluding carboxylic acids is 3. The predicted octanol–water partition coefficient (Wildman–Crippen LogP) is 0.909. The van der Waals surface area contributed by atoms with Crippen LogP contribution in [0.4, 0.5) is 0 Å². The zero-order valence-corrected chi connectivity index (χ0v) is 27.7. The number of hydrogen-bond donors (Lipinski definition) is 3. The Kier molecular flexibility index (Phi) is 21.5. The number of aryl methyl sites for hydroxylation is 1. The average molecular weight is 652 g/mol. The first-order valence-corrected chi connectivity index (χ1v) is 15.9. The highest BCUT2D eigenvalue weighted by Gasteiger charge is 2.12. The Balaban J connectivity index is 1.38. The minimum atomic E-state index is -0.267. The maximum absolute atomic E-state index is 12.4. The zero-order valence-electron chi connectivity index (χ0n) is 27.7. The van der Waals surface area contributed by atoms with Crippen LogP contribution < -0.4 is 16.1 Å². The molecule has 0 spiro atoms. The van der Waals surface area contributed by atoms with Gasteiger partial charge in [0, 0.05) is 44.2 Å². The Labute approximate surface area is 272 Å². The second-order valence-corrected chi connectivity index (χ2v) is 10.4. The van der Waals surface area contributed by atoms with Crippen LogP contribution in [-0.2, 0) is 55.9 Å². The summed E-state index contributed by atoms with van der Waals surface area (Å²) in [6.07, 6.45) is 0.697. The van der Waals surface area contributed by atoms with Crippen LogP contribution in [0.2, 0.25) is 0 Å². The molecular weight excluding hydrogens is 598 g/mol. The SMILES string of the molecule is CNN(C)Cc1cc2ccccc2n1CCC(=O)NCC(=O)NCCOCCOCCOCCOCCOCCOCCC(C)=O. The number of hydrogen-bond acceptors (Lipinski definition) is 11. The number of Topliss-reactive ketones (excluding diaryl/α,β-unsaturated/α-hetero) is 1. The molecule has 2 aromatic rings. The average Bonchev–Trinajstić information content (AvgIpc) is 3.39. The third-order valence-corrected chi connectivity index (χ3v) is 6.71. The van der Waals surface area contributed by atoms with Crippen molar-refractivity contribution >= 4 is 28.5 Å². The Morgan fingerprint density at radius 3 is 1.83 bits per heavy atom. The van der Waals surface area contributed by atoms with Crippen molar-refractivity contribution in [1.82, 2.24) is 25.6 Å². The molecule has 14 nitrogen and oxygen atoms in total. The molecule has 0 unspecified atom stereocenters. The lowest BCUT2D eigenvalue weighted by atomic mass is 10.2. The maximum atomic E-state index is 12.4. The highest BCUT2D eigenvalue weighted by Crippen LogP contribution is 2.21. The van der Waals surface area contributed by atoms with Crippen LogP contribution in [0.3, 0.4) is 0 Å². The summed E-state index contributed by atoms with van der Waals surface area (Å²) in [6.45, 7) is 8.33. The van der Waals surface area contributed by atoms with Crippen molar-refractivity contribution in [3.8, 4) is 0 Å². The van der Waals surface area contributed by atoms with Gasteiger partial charge >= 0.3 is 0 Å². The van der Waals surface area contributed by atoms with Gasteiger partial charge in [0.15, 0.2) is 0 Å². The molecule has 0 saturated carbocycles. The fourth-order valence-corrected chi connectivity index (χ4v) is 4.21. The smallest absolute Gasteiger partial charge is 0.239 e. The van der Waals surface area contributed by atoms with E-state index in [-0.39, 0.29) is 30.6 Å². The number of amides is 2. The van der Waals surface area contributed by atoms with E-state index < -0.39 is 0 Å². The van der Waals surface area contributed by atoms with Gasteiger partial charge in [0.05, 0.1) is 92.4 Å². The van der Waals surface area contributed by atoms with E-state index in [1.54, 1.807) is 6.92 Å². The molecule has 3 N–H and O–H groups in total. The van der Waals surface area contributed by atoms with Gasteiger partial charge in [-0.1, -0.05) is 18.2 Å². The number of ether oxygens (including phenoxy) is 6. The highest BCUT2D eigenvalue weighted by atomic mass is 16.6. The molecule has 0 aliphatic rings. The van der Waals surface area contributed by atoms with E-state index in [1.807, 2.05) is 37.3 Å². The van der Waals surface area contributed by atoms with Gasteiger partial charge in [-0.25, -0.2) is 5.01 Å².